The van der Waals surface area contributed by atoms with Crippen molar-refractivity contribution in [1.82, 2.24) is 19.3 Å². The van der Waals surface area contributed by atoms with Crippen LogP contribution >= 0.6 is 11.8 Å². The van der Waals surface area contributed by atoms with E-state index in [4.69, 9.17) is 4.74 Å². The number of carbonyl (C=O) groups is 2. The minimum absolute atomic E-state index is 0.0760. The number of amides is 2. The van der Waals surface area contributed by atoms with Crippen LogP contribution in [0.25, 0.3) is 10.9 Å². The van der Waals surface area contributed by atoms with Crippen LogP contribution in [0.5, 0.6) is 0 Å². The van der Waals surface area contributed by atoms with E-state index in [2.05, 4.69) is 46.0 Å². The van der Waals surface area contributed by atoms with Crippen LogP contribution in [0.4, 0.5) is 4.79 Å². The number of nitrogens with zero attached hydrogens (tertiary/aromatic N) is 4. The van der Waals surface area contributed by atoms with E-state index in [0.717, 1.165) is 44.1 Å². The van der Waals surface area contributed by atoms with E-state index >= 15 is 0 Å². The second-order valence-corrected chi connectivity index (χ2v) is 11.8. The van der Waals surface area contributed by atoms with Gasteiger partial charge in [0, 0.05) is 55.7 Å². The maximum Gasteiger partial charge on any atom is 0.411 e. The summed E-state index contributed by atoms with van der Waals surface area (Å²) in [6.07, 6.45) is 4.68. The van der Waals surface area contributed by atoms with E-state index in [9.17, 15) is 9.59 Å². The molecule has 1 aromatic heterocycles. The fourth-order valence-corrected chi connectivity index (χ4v) is 6.54. The molecule has 0 radical (unpaired) electrons. The van der Waals surface area contributed by atoms with Crippen LogP contribution in [0, 0.1) is 0 Å². The SMILES string of the molecule is CC(C)(C)OC(=O)N1C[C@@H](N2CCC(n3ccc4ccccc43)CC2)C[C@H]1C(=O)N1CCSC1. The molecule has 2 amide bonds. The molecule has 2 atom stereocenters. The van der Waals surface area contributed by atoms with Crippen LogP contribution in [0.1, 0.15) is 46.1 Å². The Hall–Kier alpha value is -2.19. The van der Waals surface area contributed by atoms with Crippen LogP contribution in [-0.2, 0) is 9.53 Å². The third-order valence-corrected chi connectivity index (χ3v) is 8.26. The third kappa shape index (κ3) is 4.80. The lowest BCUT2D eigenvalue weighted by Crippen LogP contribution is -2.48. The van der Waals surface area contributed by atoms with Gasteiger partial charge in [0.15, 0.2) is 0 Å². The maximum absolute atomic E-state index is 13.3. The molecule has 4 heterocycles. The smallest absolute Gasteiger partial charge is 0.411 e. The predicted molar refractivity (Wildman–Crippen MR) is 136 cm³/mol. The van der Waals surface area contributed by atoms with E-state index in [0.29, 0.717) is 19.0 Å². The molecule has 3 saturated heterocycles. The highest BCUT2D eigenvalue weighted by molar-refractivity contribution is 7.99. The second-order valence-electron chi connectivity index (χ2n) is 10.7. The first-order chi connectivity index (χ1) is 16.3. The number of hydrogen-bond acceptors (Lipinski definition) is 5. The maximum atomic E-state index is 13.3. The lowest BCUT2D eigenvalue weighted by molar-refractivity contribution is -0.134. The summed E-state index contributed by atoms with van der Waals surface area (Å²) in [6, 6.07) is 11.0. The van der Waals surface area contributed by atoms with E-state index in [-0.39, 0.29) is 18.0 Å². The Kier molecular flexibility index (Phi) is 6.55. The number of likely N-dealkylation sites (tertiary alicyclic amines) is 2. The summed E-state index contributed by atoms with van der Waals surface area (Å²) in [4.78, 5) is 32.5. The third-order valence-electron chi connectivity index (χ3n) is 7.29. The summed E-state index contributed by atoms with van der Waals surface area (Å²) in [7, 11) is 0. The van der Waals surface area contributed by atoms with Gasteiger partial charge >= 0.3 is 6.09 Å². The van der Waals surface area contributed by atoms with Gasteiger partial charge in [0.1, 0.15) is 11.6 Å². The van der Waals surface area contributed by atoms with Crippen molar-refractivity contribution in [2.75, 3.05) is 37.8 Å². The number of piperidine rings is 1. The molecule has 3 aliphatic heterocycles. The molecule has 8 heteroatoms. The number of thioether (sulfide) groups is 1. The summed E-state index contributed by atoms with van der Waals surface area (Å²) >= 11 is 1.78. The minimum atomic E-state index is -0.579. The Morgan fingerprint density at radius 1 is 1.03 bits per heavy atom. The molecule has 7 nitrogen and oxygen atoms in total. The van der Waals surface area contributed by atoms with Crippen molar-refractivity contribution in [3.8, 4) is 0 Å². The van der Waals surface area contributed by atoms with Gasteiger partial charge in [-0.15, -0.1) is 11.8 Å². The first kappa shape index (κ1) is 23.5. The van der Waals surface area contributed by atoms with Gasteiger partial charge in [-0.2, -0.15) is 0 Å². The average molecular weight is 485 g/mol. The summed E-state index contributed by atoms with van der Waals surface area (Å²) in [6.45, 7) is 8.91. The predicted octanol–water partition coefficient (Wildman–Crippen LogP) is 4.19. The highest BCUT2D eigenvalue weighted by Gasteiger charge is 2.45. The number of carbonyl (C=O) groups excluding carboxylic acids is 2. The van der Waals surface area contributed by atoms with Gasteiger partial charge in [-0.1, -0.05) is 18.2 Å². The molecule has 0 N–H and O–H groups in total. The lowest BCUT2D eigenvalue weighted by Gasteiger charge is -2.36. The van der Waals surface area contributed by atoms with Crippen molar-refractivity contribution >= 4 is 34.7 Å². The second kappa shape index (κ2) is 9.46. The standard InChI is InChI=1S/C26H36N4O3S/c1-26(2,3)33-25(32)30-17-21(16-23(30)24(31)28-14-15-34-18-28)27-11-9-20(10-12-27)29-13-8-19-6-4-5-7-22(19)29/h4-8,13,20-21,23H,9-12,14-18H2,1-3H3/t21-,23-/m0/s1. The van der Waals surface area contributed by atoms with E-state index < -0.39 is 11.6 Å². The summed E-state index contributed by atoms with van der Waals surface area (Å²) in [5, 5.41) is 1.29. The molecule has 0 unspecified atom stereocenters. The Bertz CT molecular complexity index is 1030. The van der Waals surface area contributed by atoms with Crippen LogP contribution in [0.15, 0.2) is 36.5 Å². The van der Waals surface area contributed by atoms with Crippen molar-refractivity contribution in [1.29, 1.82) is 0 Å². The van der Waals surface area contributed by atoms with Gasteiger partial charge in [0.2, 0.25) is 5.91 Å². The first-order valence-electron chi connectivity index (χ1n) is 12.5. The van der Waals surface area contributed by atoms with Crippen LogP contribution in [-0.4, -0.2) is 86.8 Å². The van der Waals surface area contributed by atoms with E-state index in [1.165, 1.54) is 10.9 Å². The molecule has 3 fully saturated rings. The Morgan fingerprint density at radius 3 is 2.50 bits per heavy atom. The molecule has 0 spiro atoms. The summed E-state index contributed by atoms with van der Waals surface area (Å²) in [5.74, 6) is 1.76. The average Bonchev–Trinajstić information content (AvgIpc) is 3.57. The Morgan fingerprint density at radius 2 is 1.79 bits per heavy atom. The molecule has 5 rings (SSSR count). The number of para-hydroxylation sites is 1. The zero-order chi connectivity index (χ0) is 23.9. The molecule has 2 aromatic rings. The number of rotatable bonds is 3. The summed E-state index contributed by atoms with van der Waals surface area (Å²) in [5.41, 5.74) is 0.719. The molecular weight excluding hydrogens is 448 g/mol. The Labute approximate surface area is 206 Å². The lowest BCUT2D eigenvalue weighted by atomic mass is 10.0. The largest absolute Gasteiger partial charge is 0.444 e. The highest BCUT2D eigenvalue weighted by Crippen LogP contribution is 2.33. The van der Waals surface area contributed by atoms with Gasteiger partial charge in [-0.3, -0.25) is 14.6 Å². The number of benzene rings is 1. The topological polar surface area (TPSA) is 58.0 Å². The number of ether oxygens (including phenoxy) is 1. The number of aromatic nitrogens is 1. The molecule has 0 bridgehead atoms. The molecule has 184 valence electrons. The first-order valence-corrected chi connectivity index (χ1v) is 13.6. The van der Waals surface area contributed by atoms with Crippen molar-refractivity contribution in [2.45, 2.75) is 63.8 Å². The zero-order valence-electron chi connectivity index (χ0n) is 20.5. The van der Waals surface area contributed by atoms with Gasteiger partial charge in [0.25, 0.3) is 0 Å². The molecule has 3 aliphatic rings. The van der Waals surface area contributed by atoms with Crippen molar-refractivity contribution in [2.24, 2.45) is 0 Å². The van der Waals surface area contributed by atoms with Gasteiger partial charge in [0.05, 0.1) is 5.88 Å². The van der Waals surface area contributed by atoms with E-state index in [1.807, 2.05) is 25.7 Å². The van der Waals surface area contributed by atoms with E-state index in [1.54, 1.807) is 16.7 Å². The van der Waals surface area contributed by atoms with Crippen LogP contribution in [0.3, 0.4) is 0 Å². The fourth-order valence-electron chi connectivity index (χ4n) is 5.59. The van der Waals surface area contributed by atoms with Gasteiger partial charge in [-0.05, 0) is 57.6 Å². The minimum Gasteiger partial charge on any atom is -0.444 e. The molecular formula is C26H36N4O3S. The highest BCUT2D eigenvalue weighted by atomic mass is 32.2. The van der Waals surface area contributed by atoms with Crippen molar-refractivity contribution < 1.29 is 14.3 Å². The number of fused-ring (bicyclic) bond motifs is 1. The van der Waals surface area contributed by atoms with Gasteiger partial charge in [-0.25, -0.2) is 4.79 Å². The van der Waals surface area contributed by atoms with Crippen LogP contribution in [0.2, 0.25) is 0 Å². The zero-order valence-corrected chi connectivity index (χ0v) is 21.3. The fraction of sp³-hybridized carbons (Fsp3) is 0.615. The van der Waals surface area contributed by atoms with Crippen molar-refractivity contribution in [3.05, 3.63) is 36.5 Å². The monoisotopic (exact) mass is 484 g/mol. The van der Waals surface area contributed by atoms with Crippen LogP contribution < -0.4 is 0 Å². The van der Waals surface area contributed by atoms with Gasteiger partial charge < -0.3 is 14.2 Å². The number of hydrogen-bond donors (Lipinski definition) is 0. The Balaban J connectivity index is 1.27. The molecule has 0 saturated carbocycles. The summed E-state index contributed by atoms with van der Waals surface area (Å²) < 4.78 is 8.12. The van der Waals surface area contributed by atoms with Crippen molar-refractivity contribution in [3.63, 3.8) is 0 Å². The molecule has 1 aromatic carbocycles. The normalized spacial score (nSPS) is 24.8. The molecule has 0 aliphatic carbocycles. The molecule has 34 heavy (non-hydrogen) atoms. The quantitative estimate of drug-likeness (QED) is 0.654.